The molecular formula is C22H25FN6O2. The average molecular weight is 424 g/mol. The van der Waals surface area contributed by atoms with Crippen molar-refractivity contribution in [1.29, 1.82) is 0 Å². The van der Waals surface area contributed by atoms with Crippen molar-refractivity contribution in [2.45, 2.75) is 31.3 Å². The Morgan fingerprint density at radius 1 is 1.26 bits per heavy atom. The minimum Gasteiger partial charge on any atom is -0.441 e. The first-order valence-electron chi connectivity index (χ1n) is 10.5. The standard InChI is InChI=1S/C22H25FN6O2/c1-27-14-17(13-25-27)28-15-22(31-21(28)30)9-6-16(7-10-22)12-24-20-8-11-29(26-20)19-5-3-2-4-18(19)23/h2-5,8,11,13-14,16H,6-7,9-10,12,15H2,1H3,(H,24,26). The normalized spacial score (nSPS) is 23.4. The smallest absolute Gasteiger partial charge is 0.415 e. The van der Waals surface area contributed by atoms with Gasteiger partial charge in [-0.05, 0) is 43.7 Å². The molecule has 2 aliphatic rings. The Hall–Kier alpha value is -3.36. The van der Waals surface area contributed by atoms with Gasteiger partial charge in [-0.2, -0.15) is 10.2 Å². The lowest BCUT2D eigenvalue weighted by atomic mass is 9.78. The third-order valence-electron chi connectivity index (χ3n) is 6.25. The number of amides is 1. The molecule has 1 saturated heterocycles. The Morgan fingerprint density at radius 2 is 2.06 bits per heavy atom. The first kappa shape index (κ1) is 19.6. The molecule has 5 rings (SSSR count). The molecule has 1 aromatic carbocycles. The van der Waals surface area contributed by atoms with Crippen molar-refractivity contribution in [3.8, 4) is 5.69 Å². The number of carbonyl (C=O) groups excluding carboxylic acids is 1. The van der Waals surface area contributed by atoms with Crippen LogP contribution in [0.4, 0.5) is 20.7 Å². The van der Waals surface area contributed by atoms with Crippen LogP contribution in [0.1, 0.15) is 25.7 Å². The van der Waals surface area contributed by atoms with Crippen LogP contribution in [0.25, 0.3) is 5.69 Å². The van der Waals surface area contributed by atoms with E-state index in [-0.39, 0.29) is 11.9 Å². The number of para-hydroxylation sites is 1. The number of ether oxygens (including phenoxy) is 1. The van der Waals surface area contributed by atoms with Gasteiger partial charge in [-0.3, -0.25) is 9.58 Å². The molecule has 2 fully saturated rings. The van der Waals surface area contributed by atoms with Gasteiger partial charge >= 0.3 is 6.09 Å². The molecule has 0 atom stereocenters. The van der Waals surface area contributed by atoms with Crippen LogP contribution in [0.5, 0.6) is 0 Å². The molecule has 3 heterocycles. The van der Waals surface area contributed by atoms with Gasteiger partial charge in [-0.25, -0.2) is 13.9 Å². The first-order valence-corrected chi connectivity index (χ1v) is 10.5. The number of rotatable bonds is 5. The first-order chi connectivity index (χ1) is 15.0. The average Bonchev–Trinajstić information content (AvgIpc) is 3.48. The van der Waals surface area contributed by atoms with Gasteiger partial charge in [0.05, 0.1) is 18.4 Å². The monoisotopic (exact) mass is 424 g/mol. The molecule has 0 bridgehead atoms. The Bertz CT molecular complexity index is 1090. The number of aryl methyl sites for hydroxylation is 1. The van der Waals surface area contributed by atoms with Crippen LogP contribution in [0.3, 0.4) is 0 Å². The molecule has 9 heteroatoms. The maximum Gasteiger partial charge on any atom is 0.415 e. The van der Waals surface area contributed by atoms with Crippen molar-refractivity contribution >= 4 is 17.6 Å². The number of aromatic nitrogens is 4. The highest BCUT2D eigenvalue weighted by Crippen LogP contribution is 2.40. The highest BCUT2D eigenvalue weighted by atomic mass is 19.1. The largest absolute Gasteiger partial charge is 0.441 e. The molecule has 0 radical (unpaired) electrons. The maximum absolute atomic E-state index is 13.9. The molecule has 1 N–H and O–H groups in total. The number of benzene rings is 1. The van der Waals surface area contributed by atoms with E-state index in [1.165, 1.54) is 6.07 Å². The second kappa shape index (κ2) is 7.72. The van der Waals surface area contributed by atoms with Crippen molar-refractivity contribution in [3.05, 3.63) is 54.7 Å². The van der Waals surface area contributed by atoms with Gasteiger partial charge in [0.15, 0.2) is 0 Å². The van der Waals surface area contributed by atoms with E-state index in [2.05, 4.69) is 15.5 Å². The van der Waals surface area contributed by atoms with Crippen molar-refractivity contribution < 1.29 is 13.9 Å². The Balaban J connectivity index is 1.15. The van der Waals surface area contributed by atoms with Crippen LogP contribution < -0.4 is 10.2 Å². The predicted octanol–water partition coefficient (Wildman–Crippen LogP) is 3.74. The quantitative estimate of drug-likeness (QED) is 0.675. The van der Waals surface area contributed by atoms with Gasteiger partial charge in [0.25, 0.3) is 0 Å². The van der Waals surface area contributed by atoms with Crippen LogP contribution in [0.15, 0.2) is 48.9 Å². The summed E-state index contributed by atoms with van der Waals surface area (Å²) in [4.78, 5) is 14.1. The molecule has 162 valence electrons. The van der Waals surface area contributed by atoms with E-state index in [0.29, 0.717) is 18.2 Å². The number of anilines is 2. The molecular weight excluding hydrogens is 399 g/mol. The van der Waals surface area contributed by atoms with E-state index in [1.807, 2.05) is 19.3 Å². The second-order valence-electron chi connectivity index (χ2n) is 8.43. The van der Waals surface area contributed by atoms with Crippen molar-refractivity contribution in [2.75, 3.05) is 23.3 Å². The number of hydrogen-bond acceptors (Lipinski definition) is 5. The fourth-order valence-electron chi connectivity index (χ4n) is 4.48. The van der Waals surface area contributed by atoms with E-state index < -0.39 is 5.60 Å². The summed E-state index contributed by atoms with van der Waals surface area (Å²) in [5, 5.41) is 12.0. The van der Waals surface area contributed by atoms with E-state index in [9.17, 15) is 9.18 Å². The van der Waals surface area contributed by atoms with E-state index >= 15 is 0 Å². The van der Waals surface area contributed by atoms with Gasteiger partial charge in [0.1, 0.15) is 22.9 Å². The predicted molar refractivity (Wildman–Crippen MR) is 114 cm³/mol. The number of hydrogen-bond donors (Lipinski definition) is 1. The van der Waals surface area contributed by atoms with E-state index in [0.717, 1.165) is 43.7 Å². The van der Waals surface area contributed by atoms with Crippen LogP contribution in [0.2, 0.25) is 0 Å². The zero-order valence-corrected chi connectivity index (χ0v) is 17.4. The van der Waals surface area contributed by atoms with Crippen molar-refractivity contribution in [3.63, 3.8) is 0 Å². The summed E-state index contributed by atoms with van der Waals surface area (Å²) in [7, 11) is 1.83. The topological polar surface area (TPSA) is 77.2 Å². The maximum atomic E-state index is 13.9. The highest BCUT2D eigenvalue weighted by molar-refractivity contribution is 5.90. The zero-order chi connectivity index (χ0) is 21.4. The molecule has 3 aromatic rings. The summed E-state index contributed by atoms with van der Waals surface area (Å²) in [5.74, 6) is 0.884. The number of nitrogens with zero attached hydrogens (tertiary/aromatic N) is 5. The summed E-state index contributed by atoms with van der Waals surface area (Å²) in [6, 6.07) is 8.42. The molecule has 8 nitrogen and oxygen atoms in total. The third-order valence-corrected chi connectivity index (χ3v) is 6.25. The lowest BCUT2D eigenvalue weighted by molar-refractivity contribution is 0.0148. The van der Waals surface area contributed by atoms with Gasteiger partial charge < -0.3 is 10.1 Å². The van der Waals surface area contributed by atoms with E-state index in [1.54, 1.807) is 44.9 Å². The number of halogens is 1. The van der Waals surface area contributed by atoms with Gasteiger partial charge in [0, 0.05) is 32.1 Å². The minimum absolute atomic E-state index is 0.289. The minimum atomic E-state index is -0.407. The summed E-state index contributed by atoms with van der Waals surface area (Å²) < 4.78 is 23.0. The van der Waals surface area contributed by atoms with Crippen molar-refractivity contribution in [2.24, 2.45) is 13.0 Å². The Kier molecular flexibility index (Phi) is 4.88. The van der Waals surface area contributed by atoms with Gasteiger partial charge in [-0.15, -0.1) is 0 Å². The lowest BCUT2D eigenvalue weighted by Crippen LogP contribution is -2.39. The van der Waals surface area contributed by atoms with Crippen LogP contribution in [-0.2, 0) is 11.8 Å². The Labute approximate surface area is 179 Å². The molecule has 31 heavy (non-hydrogen) atoms. The van der Waals surface area contributed by atoms with Crippen LogP contribution >= 0.6 is 0 Å². The summed E-state index contributed by atoms with van der Waals surface area (Å²) in [6.07, 6.45) is 8.60. The highest BCUT2D eigenvalue weighted by Gasteiger charge is 2.47. The summed E-state index contributed by atoms with van der Waals surface area (Å²) >= 11 is 0. The fraction of sp³-hybridized carbons (Fsp3) is 0.409. The molecule has 1 aliphatic heterocycles. The zero-order valence-electron chi connectivity index (χ0n) is 17.4. The molecule has 0 unspecified atom stereocenters. The third kappa shape index (κ3) is 3.87. The molecule has 1 spiro atoms. The van der Waals surface area contributed by atoms with E-state index in [4.69, 9.17) is 4.74 Å². The molecule has 1 amide bonds. The van der Waals surface area contributed by atoms with Gasteiger partial charge in [-0.1, -0.05) is 12.1 Å². The summed E-state index contributed by atoms with van der Waals surface area (Å²) in [6.45, 7) is 1.36. The molecule has 1 saturated carbocycles. The summed E-state index contributed by atoms with van der Waals surface area (Å²) in [5.41, 5.74) is 0.797. The van der Waals surface area contributed by atoms with Crippen molar-refractivity contribution in [1.82, 2.24) is 19.6 Å². The van der Waals surface area contributed by atoms with Crippen LogP contribution in [-0.4, -0.2) is 44.3 Å². The van der Waals surface area contributed by atoms with Gasteiger partial charge in [0.2, 0.25) is 0 Å². The molecule has 1 aliphatic carbocycles. The lowest BCUT2D eigenvalue weighted by Gasteiger charge is -2.35. The number of nitrogens with one attached hydrogen (secondary N) is 1. The fourth-order valence-corrected chi connectivity index (χ4v) is 4.48. The van der Waals surface area contributed by atoms with Crippen LogP contribution in [0, 0.1) is 11.7 Å². The number of carbonyl (C=O) groups is 1. The Morgan fingerprint density at radius 3 is 2.81 bits per heavy atom. The second-order valence-corrected chi connectivity index (χ2v) is 8.43. The SMILES string of the molecule is Cn1cc(N2CC3(CCC(CNc4ccn(-c5ccccc5F)n4)CC3)OC2=O)cn1. The molecule has 2 aromatic heterocycles.